The third-order valence-corrected chi connectivity index (χ3v) is 6.67. The maximum Gasteiger partial charge on any atom is 0.341 e. The van der Waals surface area contributed by atoms with Crippen molar-refractivity contribution in [2.24, 2.45) is 0 Å². The molecular weight excluding hydrogens is 481 g/mol. The molecule has 1 unspecified atom stereocenters. The van der Waals surface area contributed by atoms with E-state index in [1.54, 1.807) is 0 Å². The summed E-state index contributed by atoms with van der Waals surface area (Å²) in [6, 6.07) is 20.3. The first-order valence-corrected chi connectivity index (χ1v) is 12.0. The lowest BCUT2D eigenvalue weighted by molar-refractivity contribution is 0.0686. The molecule has 37 heavy (non-hydrogen) atoms. The monoisotopic (exact) mass is 506 g/mol. The number of anilines is 2. The van der Waals surface area contributed by atoms with E-state index in [1.165, 1.54) is 29.2 Å². The van der Waals surface area contributed by atoms with E-state index >= 15 is 4.39 Å². The highest BCUT2D eigenvalue weighted by Crippen LogP contribution is 2.41. The maximum absolute atomic E-state index is 15.2. The molecule has 0 aromatic heterocycles. The van der Waals surface area contributed by atoms with Crippen LogP contribution in [0, 0.1) is 17.5 Å². The highest BCUT2D eigenvalue weighted by atomic mass is 19.1. The first-order valence-electron chi connectivity index (χ1n) is 12.0. The van der Waals surface area contributed by atoms with Crippen LogP contribution < -0.4 is 15.0 Å². The second kappa shape index (κ2) is 10.1. The van der Waals surface area contributed by atoms with Gasteiger partial charge < -0.3 is 20.1 Å². The zero-order valence-corrected chi connectivity index (χ0v) is 20.0. The fraction of sp³-hybridized carbons (Fsp3) is 0.207. The van der Waals surface area contributed by atoms with Crippen LogP contribution in [0.2, 0.25) is 0 Å². The molecule has 1 aliphatic heterocycles. The van der Waals surface area contributed by atoms with Gasteiger partial charge >= 0.3 is 5.97 Å². The average Bonchev–Trinajstić information content (AvgIpc) is 2.87. The Balaban J connectivity index is 1.36. The molecule has 2 N–H and O–H groups in total. The third kappa shape index (κ3) is 4.84. The fourth-order valence-corrected chi connectivity index (χ4v) is 4.85. The molecular formula is C29H25F3N2O3. The number of carboxylic acid groups (broad SMARTS) is 1. The van der Waals surface area contributed by atoms with Gasteiger partial charge in [0.05, 0.1) is 17.9 Å². The van der Waals surface area contributed by atoms with Crippen molar-refractivity contribution in [1.82, 2.24) is 5.32 Å². The molecule has 5 nitrogen and oxygen atoms in total. The van der Waals surface area contributed by atoms with Crippen molar-refractivity contribution in [2.45, 2.75) is 25.5 Å². The predicted octanol–water partition coefficient (Wildman–Crippen LogP) is 6.60. The molecule has 4 aromatic carbocycles. The molecule has 0 fully saturated rings. The number of carboxylic acids is 1. The van der Waals surface area contributed by atoms with E-state index in [2.05, 4.69) is 36.5 Å². The lowest BCUT2D eigenvalue weighted by Gasteiger charge is -2.37. The fourth-order valence-electron chi connectivity index (χ4n) is 4.85. The van der Waals surface area contributed by atoms with Gasteiger partial charge in [-0.15, -0.1) is 0 Å². The SMILES string of the molecule is C[C@@H](NCCC1CN(c2ccc(F)c(C(=O)O)c2F)c2ccc(F)cc2O1)c1cccc2ccccc12. The summed E-state index contributed by atoms with van der Waals surface area (Å²) in [7, 11) is 0. The summed E-state index contributed by atoms with van der Waals surface area (Å²) in [6.45, 7) is 2.80. The number of halogens is 3. The van der Waals surface area contributed by atoms with Crippen molar-refractivity contribution in [1.29, 1.82) is 0 Å². The van der Waals surface area contributed by atoms with E-state index in [0.29, 0.717) is 18.7 Å². The first-order chi connectivity index (χ1) is 17.8. The Morgan fingerprint density at radius 2 is 1.81 bits per heavy atom. The predicted molar refractivity (Wildman–Crippen MR) is 136 cm³/mol. The second-order valence-electron chi connectivity index (χ2n) is 9.06. The highest BCUT2D eigenvalue weighted by molar-refractivity contribution is 5.90. The van der Waals surface area contributed by atoms with Crippen LogP contribution in [-0.2, 0) is 0 Å². The van der Waals surface area contributed by atoms with E-state index in [-0.39, 0.29) is 24.0 Å². The van der Waals surface area contributed by atoms with Gasteiger partial charge in [-0.05, 0) is 60.5 Å². The van der Waals surface area contributed by atoms with Crippen LogP contribution in [0.4, 0.5) is 24.5 Å². The van der Waals surface area contributed by atoms with E-state index < -0.39 is 35.1 Å². The summed E-state index contributed by atoms with van der Waals surface area (Å²) in [5.41, 5.74) is 0.384. The van der Waals surface area contributed by atoms with Crippen molar-refractivity contribution in [3.8, 4) is 5.75 Å². The Bertz CT molecular complexity index is 1470. The molecule has 4 aromatic rings. The number of hydrogen-bond donors (Lipinski definition) is 2. The highest BCUT2D eigenvalue weighted by Gasteiger charge is 2.31. The van der Waals surface area contributed by atoms with Crippen molar-refractivity contribution >= 4 is 28.1 Å². The van der Waals surface area contributed by atoms with Crippen LogP contribution in [0.25, 0.3) is 10.8 Å². The smallest absolute Gasteiger partial charge is 0.341 e. The van der Waals surface area contributed by atoms with Gasteiger partial charge in [-0.1, -0.05) is 42.5 Å². The zero-order chi connectivity index (χ0) is 26.1. The molecule has 1 heterocycles. The molecule has 8 heteroatoms. The van der Waals surface area contributed by atoms with Crippen LogP contribution >= 0.6 is 0 Å². The van der Waals surface area contributed by atoms with Gasteiger partial charge in [0.15, 0.2) is 5.82 Å². The van der Waals surface area contributed by atoms with E-state index in [1.807, 2.05) is 18.2 Å². The van der Waals surface area contributed by atoms with Gasteiger partial charge in [0.2, 0.25) is 0 Å². The quantitative estimate of drug-likeness (QED) is 0.296. The van der Waals surface area contributed by atoms with Gasteiger partial charge in [-0.3, -0.25) is 0 Å². The number of benzene rings is 4. The standard InChI is InChI=1S/C29H25F3N2O3/c1-17(21-8-4-6-18-5-2-3-7-22(18)21)33-14-13-20-16-34(24-11-9-19(30)15-26(24)37-20)25-12-10-23(31)27(28(25)32)29(35)36/h2-12,15,17,20,33H,13-14,16H2,1H3,(H,35,36)/t17-,20?/m1/s1. The molecule has 0 amide bonds. The van der Waals surface area contributed by atoms with Gasteiger partial charge in [0.1, 0.15) is 29.1 Å². The van der Waals surface area contributed by atoms with Crippen LogP contribution in [0.3, 0.4) is 0 Å². The third-order valence-electron chi connectivity index (χ3n) is 6.67. The van der Waals surface area contributed by atoms with Crippen LogP contribution in [-0.4, -0.2) is 30.3 Å². The number of aromatic carboxylic acids is 1. The molecule has 0 radical (unpaired) electrons. The van der Waals surface area contributed by atoms with Gasteiger partial charge in [0.25, 0.3) is 0 Å². The minimum atomic E-state index is -1.70. The minimum Gasteiger partial charge on any atom is -0.486 e. The van der Waals surface area contributed by atoms with Crippen molar-refractivity contribution < 1.29 is 27.8 Å². The average molecular weight is 507 g/mol. The Kier molecular flexibility index (Phi) is 6.76. The van der Waals surface area contributed by atoms with Crippen LogP contribution in [0.1, 0.15) is 35.3 Å². The molecule has 190 valence electrons. The first kappa shape index (κ1) is 24.6. The Hall–Kier alpha value is -4.04. The van der Waals surface area contributed by atoms with Gasteiger partial charge in [-0.2, -0.15) is 0 Å². The largest absolute Gasteiger partial charge is 0.486 e. The molecule has 2 atom stereocenters. The topological polar surface area (TPSA) is 61.8 Å². The maximum atomic E-state index is 15.2. The summed E-state index contributed by atoms with van der Waals surface area (Å²) in [4.78, 5) is 13.0. The Labute approximate surface area is 212 Å². The number of fused-ring (bicyclic) bond motifs is 2. The van der Waals surface area contributed by atoms with Crippen molar-refractivity contribution in [3.05, 3.63) is 101 Å². The Morgan fingerprint density at radius 1 is 1.05 bits per heavy atom. The minimum absolute atomic E-state index is 0.0446. The number of carbonyl (C=O) groups is 1. The lowest BCUT2D eigenvalue weighted by atomic mass is 9.99. The number of nitrogens with one attached hydrogen (secondary N) is 1. The van der Waals surface area contributed by atoms with Crippen LogP contribution in [0.15, 0.2) is 72.8 Å². The molecule has 1 aliphatic rings. The van der Waals surface area contributed by atoms with Crippen LogP contribution in [0.5, 0.6) is 5.75 Å². The number of hydrogen-bond acceptors (Lipinski definition) is 4. The summed E-state index contributed by atoms with van der Waals surface area (Å²) in [5.74, 6) is -4.37. The van der Waals surface area contributed by atoms with E-state index in [4.69, 9.17) is 4.74 Å². The summed E-state index contributed by atoms with van der Waals surface area (Å²) in [6.07, 6.45) is 0.0511. The molecule has 5 rings (SSSR count). The van der Waals surface area contributed by atoms with Crippen molar-refractivity contribution in [3.63, 3.8) is 0 Å². The second-order valence-corrected chi connectivity index (χ2v) is 9.06. The summed E-state index contributed by atoms with van der Waals surface area (Å²) < 4.78 is 49.2. The molecule has 0 saturated heterocycles. The normalized spacial score (nSPS) is 15.8. The zero-order valence-electron chi connectivity index (χ0n) is 20.0. The number of rotatable bonds is 7. The number of ether oxygens (including phenoxy) is 1. The van der Waals surface area contributed by atoms with E-state index in [0.717, 1.165) is 22.4 Å². The summed E-state index contributed by atoms with van der Waals surface area (Å²) >= 11 is 0. The van der Waals surface area contributed by atoms with Crippen molar-refractivity contribution in [2.75, 3.05) is 18.0 Å². The molecule has 0 bridgehead atoms. The number of nitrogens with zero attached hydrogens (tertiary/aromatic N) is 1. The van der Waals surface area contributed by atoms with E-state index in [9.17, 15) is 18.7 Å². The Morgan fingerprint density at radius 3 is 2.62 bits per heavy atom. The lowest BCUT2D eigenvalue weighted by Crippen LogP contribution is -2.39. The molecule has 0 spiro atoms. The molecule has 0 saturated carbocycles. The molecule has 0 aliphatic carbocycles. The van der Waals surface area contributed by atoms with Gasteiger partial charge in [0, 0.05) is 12.1 Å². The summed E-state index contributed by atoms with van der Waals surface area (Å²) in [5, 5.41) is 15.1. The van der Waals surface area contributed by atoms with Gasteiger partial charge in [-0.25, -0.2) is 18.0 Å².